The van der Waals surface area contributed by atoms with Crippen LogP contribution < -0.4 is 33.3 Å². The SMILES string of the molecule is CC1(C)OB(O)c2c(NC(=O)CNC(=O)C(N)CCC(=O)N(CCN)CCN)cccc21.CCc1ccc(C(F)(F)F)cc1. The van der Waals surface area contributed by atoms with Crippen LogP contribution in [0.2, 0.25) is 0 Å². The monoisotopic (exact) mass is 622 g/mol. The first-order chi connectivity index (χ1) is 20.6. The van der Waals surface area contributed by atoms with E-state index in [1.54, 1.807) is 12.1 Å². The molecule has 2 aromatic rings. The topological polar surface area (TPSA) is 186 Å². The molecule has 0 saturated carbocycles. The lowest BCUT2D eigenvalue weighted by molar-refractivity contribution is -0.137. The molecule has 0 aromatic heterocycles. The number of hydrogen-bond acceptors (Lipinski definition) is 8. The van der Waals surface area contributed by atoms with E-state index in [0.29, 0.717) is 37.3 Å². The Hall–Kier alpha value is -3.50. The second-order valence-corrected chi connectivity index (χ2v) is 10.7. The van der Waals surface area contributed by atoms with Gasteiger partial charge in [-0.3, -0.25) is 14.4 Å². The van der Waals surface area contributed by atoms with Crippen molar-refractivity contribution in [3.63, 3.8) is 0 Å². The van der Waals surface area contributed by atoms with Crippen LogP contribution in [0.15, 0.2) is 42.5 Å². The summed E-state index contributed by atoms with van der Waals surface area (Å²) in [6.45, 7) is 6.66. The van der Waals surface area contributed by atoms with Gasteiger partial charge in [-0.15, -0.1) is 0 Å². The molecule has 0 bridgehead atoms. The normalized spacial score (nSPS) is 14.2. The van der Waals surface area contributed by atoms with Crippen LogP contribution in [0.3, 0.4) is 0 Å². The number of alkyl halides is 3. The van der Waals surface area contributed by atoms with Crippen molar-refractivity contribution in [1.82, 2.24) is 10.2 Å². The number of hydrogen-bond donors (Lipinski definition) is 6. The van der Waals surface area contributed by atoms with E-state index >= 15 is 0 Å². The molecule has 3 rings (SSSR count). The van der Waals surface area contributed by atoms with E-state index in [1.807, 2.05) is 26.8 Å². The number of nitrogens with one attached hydrogen (secondary N) is 2. The molecule has 1 atom stereocenters. The number of amides is 3. The van der Waals surface area contributed by atoms with Crippen molar-refractivity contribution in [2.75, 3.05) is 38.0 Å². The van der Waals surface area contributed by atoms with E-state index in [0.717, 1.165) is 29.7 Å². The minimum absolute atomic E-state index is 0.0740. The van der Waals surface area contributed by atoms with Crippen LogP contribution in [0.4, 0.5) is 18.9 Å². The summed E-state index contributed by atoms with van der Waals surface area (Å²) in [4.78, 5) is 38.3. The Balaban J connectivity index is 0.000000469. The van der Waals surface area contributed by atoms with Crippen molar-refractivity contribution >= 4 is 36.0 Å². The summed E-state index contributed by atoms with van der Waals surface area (Å²) in [6.07, 6.45) is -3.25. The maximum absolute atomic E-state index is 12.3. The Kier molecular flexibility index (Phi) is 13.8. The van der Waals surface area contributed by atoms with Crippen molar-refractivity contribution in [1.29, 1.82) is 0 Å². The second kappa shape index (κ2) is 16.5. The number of halogens is 3. The molecule has 0 saturated heterocycles. The zero-order chi connectivity index (χ0) is 33.1. The van der Waals surface area contributed by atoms with Crippen LogP contribution in [0, 0.1) is 0 Å². The minimum Gasteiger partial charge on any atom is -0.423 e. The zero-order valence-electron chi connectivity index (χ0n) is 25.2. The first kappa shape index (κ1) is 36.7. The van der Waals surface area contributed by atoms with Gasteiger partial charge in [0.2, 0.25) is 17.7 Å². The molecule has 3 amide bonds. The molecule has 1 aliphatic heterocycles. The van der Waals surface area contributed by atoms with E-state index in [4.69, 9.17) is 21.9 Å². The average Bonchev–Trinajstić information content (AvgIpc) is 3.22. The number of benzene rings is 2. The highest BCUT2D eigenvalue weighted by atomic mass is 19.4. The molecule has 1 unspecified atom stereocenters. The molecule has 2 aromatic carbocycles. The van der Waals surface area contributed by atoms with Gasteiger partial charge >= 0.3 is 13.3 Å². The largest absolute Gasteiger partial charge is 0.494 e. The van der Waals surface area contributed by atoms with Crippen LogP contribution >= 0.6 is 0 Å². The molecule has 0 spiro atoms. The number of carbonyl (C=O) groups is 3. The number of aryl methyl sites for hydroxylation is 1. The predicted molar refractivity (Wildman–Crippen MR) is 163 cm³/mol. The number of carbonyl (C=O) groups excluding carboxylic acids is 3. The van der Waals surface area contributed by atoms with Gasteiger partial charge in [-0.2, -0.15) is 13.2 Å². The van der Waals surface area contributed by atoms with E-state index in [9.17, 15) is 32.6 Å². The first-order valence-corrected chi connectivity index (χ1v) is 14.3. The Bertz CT molecular complexity index is 1260. The van der Waals surface area contributed by atoms with Crippen LogP contribution in [-0.4, -0.2) is 73.5 Å². The average molecular weight is 622 g/mol. The predicted octanol–water partition coefficient (Wildman–Crippen LogP) is 0.815. The molecule has 9 N–H and O–H groups in total. The van der Waals surface area contributed by atoms with E-state index in [1.165, 1.54) is 17.0 Å². The van der Waals surface area contributed by atoms with Crippen LogP contribution in [0.1, 0.15) is 50.3 Å². The lowest BCUT2D eigenvalue weighted by Crippen LogP contribution is -2.45. The standard InChI is InChI=1S/C20H33BN6O5.C9H9F3/c1-20(2)13-4-3-5-15(18(13)21(31)32-20)26-16(28)12-25-19(30)14(24)6-7-17(29)27(10-8-22)11-9-23;1-2-7-3-5-8(6-4-7)9(10,11)12/h3-5,14,31H,6-12,22-24H2,1-2H3,(H,25,30)(H,26,28);3-6H,2H2,1H3. The Morgan fingerprint density at radius 2 is 1.68 bits per heavy atom. The summed E-state index contributed by atoms with van der Waals surface area (Å²) >= 11 is 0. The lowest BCUT2D eigenvalue weighted by atomic mass is 9.77. The molecule has 242 valence electrons. The van der Waals surface area contributed by atoms with Gasteiger partial charge in [0.1, 0.15) is 0 Å². The number of fused-ring (bicyclic) bond motifs is 1. The maximum atomic E-state index is 12.3. The van der Waals surface area contributed by atoms with Gasteiger partial charge < -0.3 is 42.4 Å². The number of nitrogens with two attached hydrogens (primary N) is 3. The zero-order valence-corrected chi connectivity index (χ0v) is 25.2. The van der Waals surface area contributed by atoms with E-state index in [-0.39, 0.29) is 25.3 Å². The van der Waals surface area contributed by atoms with Crippen LogP contribution in [0.5, 0.6) is 0 Å². The smallest absolute Gasteiger partial charge is 0.423 e. The highest BCUT2D eigenvalue weighted by molar-refractivity contribution is 6.64. The number of anilines is 1. The molecule has 15 heteroatoms. The maximum Gasteiger partial charge on any atom is 0.494 e. The third-order valence-corrected chi connectivity index (χ3v) is 6.95. The summed E-state index contributed by atoms with van der Waals surface area (Å²) in [5.74, 6) is -1.20. The highest BCUT2D eigenvalue weighted by Crippen LogP contribution is 2.32. The van der Waals surface area contributed by atoms with Crippen molar-refractivity contribution in [2.45, 2.75) is 57.9 Å². The molecule has 11 nitrogen and oxygen atoms in total. The third-order valence-electron chi connectivity index (χ3n) is 6.95. The van der Waals surface area contributed by atoms with Crippen molar-refractivity contribution in [3.8, 4) is 0 Å². The van der Waals surface area contributed by atoms with Crippen molar-refractivity contribution in [2.24, 2.45) is 17.2 Å². The summed E-state index contributed by atoms with van der Waals surface area (Å²) in [7, 11) is -1.16. The fraction of sp³-hybridized carbons (Fsp3) is 0.483. The lowest BCUT2D eigenvalue weighted by Gasteiger charge is -2.22. The Morgan fingerprint density at radius 3 is 2.23 bits per heavy atom. The molecule has 0 radical (unpaired) electrons. The second-order valence-electron chi connectivity index (χ2n) is 10.7. The highest BCUT2D eigenvalue weighted by Gasteiger charge is 2.42. The number of nitrogens with zero attached hydrogens (tertiary/aromatic N) is 1. The van der Waals surface area contributed by atoms with Gasteiger partial charge in [0.05, 0.1) is 23.8 Å². The first-order valence-electron chi connectivity index (χ1n) is 14.3. The van der Waals surface area contributed by atoms with Crippen molar-refractivity contribution in [3.05, 3.63) is 59.2 Å². The Labute approximate surface area is 255 Å². The fourth-order valence-electron chi connectivity index (χ4n) is 4.53. The molecule has 0 fully saturated rings. The molecular weight excluding hydrogens is 580 g/mol. The van der Waals surface area contributed by atoms with Gasteiger partial charge in [0, 0.05) is 43.8 Å². The van der Waals surface area contributed by atoms with Crippen molar-refractivity contribution < 1.29 is 37.2 Å². The van der Waals surface area contributed by atoms with Gasteiger partial charge in [-0.1, -0.05) is 31.2 Å². The molecule has 1 aliphatic rings. The summed E-state index contributed by atoms with van der Waals surface area (Å²) in [5.41, 5.74) is 18.2. The quantitative estimate of drug-likeness (QED) is 0.188. The van der Waals surface area contributed by atoms with Gasteiger partial charge in [0.15, 0.2) is 0 Å². The van der Waals surface area contributed by atoms with Crippen LogP contribution in [0.25, 0.3) is 0 Å². The summed E-state index contributed by atoms with van der Waals surface area (Å²) < 4.78 is 41.6. The van der Waals surface area contributed by atoms with Gasteiger partial charge in [0.25, 0.3) is 0 Å². The fourth-order valence-corrected chi connectivity index (χ4v) is 4.53. The molecule has 0 aliphatic carbocycles. The summed E-state index contributed by atoms with van der Waals surface area (Å²) in [6, 6.07) is 9.51. The van der Waals surface area contributed by atoms with E-state index < -0.39 is 42.3 Å². The van der Waals surface area contributed by atoms with Crippen LogP contribution in [-0.2, 0) is 37.2 Å². The minimum atomic E-state index is -4.22. The number of rotatable bonds is 12. The van der Waals surface area contributed by atoms with Gasteiger partial charge in [-0.25, -0.2) is 0 Å². The summed E-state index contributed by atoms with van der Waals surface area (Å²) in [5, 5.41) is 15.4. The Morgan fingerprint density at radius 1 is 1.07 bits per heavy atom. The molecular formula is C29H42BF3N6O5. The van der Waals surface area contributed by atoms with Gasteiger partial charge in [-0.05, 0) is 56.0 Å². The molecule has 44 heavy (non-hydrogen) atoms. The van der Waals surface area contributed by atoms with E-state index in [2.05, 4.69) is 10.6 Å². The molecule has 1 heterocycles. The third kappa shape index (κ3) is 10.6.